The SMILES string of the molecule is CCN(CC)C(=O)CCCNC(=O)CCCN.Cl. The third-order valence-electron chi connectivity index (χ3n) is 2.61. The van der Waals surface area contributed by atoms with Crippen LogP contribution in [0.3, 0.4) is 0 Å². The van der Waals surface area contributed by atoms with Crippen LogP contribution in [-0.2, 0) is 9.59 Å². The monoisotopic (exact) mass is 279 g/mol. The molecule has 0 aliphatic rings. The molecule has 0 spiro atoms. The second kappa shape index (κ2) is 12.6. The van der Waals surface area contributed by atoms with Crippen LogP contribution >= 0.6 is 12.4 Å². The number of amides is 2. The van der Waals surface area contributed by atoms with Gasteiger partial charge in [0.05, 0.1) is 0 Å². The van der Waals surface area contributed by atoms with Gasteiger partial charge in [-0.05, 0) is 33.2 Å². The maximum Gasteiger partial charge on any atom is 0.222 e. The molecule has 5 nitrogen and oxygen atoms in total. The molecule has 0 aromatic rings. The molecule has 0 rings (SSSR count). The van der Waals surface area contributed by atoms with Crippen LogP contribution in [-0.4, -0.2) is 42.9 Å². The topological polar surface area (TPSA) is 75.4 Å². The van der Waals surface area contributed by atoms with Crippen molar-refractivity contribution in [3.05, 3.63) is 0 Å². The number of rotatable bonds is 9. The highest BCUT2D eigenvalue weighted by Gasteiger charge is 2.08. The number of nitrogens with zero attached hydrogens (tertiary/aromatic N) is 1. The van der Waals surface area contributed by atoms with Gasteiger partial charge in [0.2, 0.25) is 11.8 Å². The van der Waals surface area contributed by atoms with Gasteiger partial charge >= 0.3 is 0 Å². The minimum absolute atomic E-state index is 0. The molecule has 0 heterocycles. The summed E-state index contributed by atoms with van der Waals surface area (Å²) < 4.78 is 0. The van der Waals surface area contributed by atoms with Crippen LogP contribution in [0.4, 0.5) is 0 Å². The van der Waals surface area contributed by atoms with E-state index in [0.717, 1.165) is 13.1 Å². The summed E-state index contributed by atoms with van der Waals surface area (Å²) in [5.74, 6) is 0.178. The molecule has 0 aromatic carbocycles. The van der Waals surface area contributed by atoms with Crippen LogP contribution in [0.1, 0.15) is 39.5 Å². The van der Waals surface area contributed by atoms with E-state index in [9.17, 15) is 9.59 Å². The van der Waals surface area contributed by atoms with Gasteiger partial charge in [-0.15, -0.1) is 12.4 Å². The predicted octanol–water partition coefficient (Wildman–Crippen LogP) is 0.912. The molecule has 0 aliphatic heterocycles. The van der Waals surface area contributed by atoms with Gasteiger partial charge in [-0.2, -0.15) is 0 Å². The molecule has 18 heavy (non-hydrogen) atoms. The Hall–Kier alpha value is -0.810. The quantitative estimate of drug-likeness (QED) is 0.616. The van der Waals surface area contributed by atoms with Crippen molar-refractivity contribution in [2.75, 3.05) is 26.2 Å². The van der Waals surface area contributed by atoms with E-state index in [2.05, 4.69) is 5.32 Å². The lowest BCUT2D eigenvalue weighted by molar-refractivity contribution is -0.131. The highest BCUT2D eigenvalue weighted by Crippen LogP contribution is 1.97. The van der Waals surface area contributed by atoms with Crippen molar-refractivity contribution in [1.29, 1.82) is 0 Å². The van der Waals surface area contributed by atoms with Gasteiger partial charge < -0.3 is 16.0 Å². The van der Waals surface area contributed by atoms with Crippen molar-refractivity contribution in [3.8, 4) is 0 Å². The molecule has 0 aromatic heterocycles. The molecular weight excluding hydrogens is 254 g/mol. The van der Waals surface area contributed by atoms with Crippen molar-refractivity contribution < 1.29 is 9.59 Å². The Morgan fingerprint density at radius 1 is 1.11 bits per heavy atom. The lowest BCUT2D eigenvalue weighted by atomic mass is 10.2. The van der Waals surface area contributed by atoms with Crippen LogP contribution in [0.2, 0.25) is 0 Å². The standard InChI is InChI=1S/C12H25N3O2.ClH/c1-3-15(4-2)12(17)8-6-10-14-11(16)7-5-9-13;/h3-10,13H2,1-2H3,(H,14,16);1H. The Morgan fingerprint density at radius 2 is 1.72 bits per heavy atom. The largest absolute Gasteiger partial charge is 0.356 e. The number of nitrogens with two attached hydrogens (primary N) is 1. The summed E-state index contributed by atoms with van der Waals surface area (Å²) in [5.41, 5.74) is 5.31. The zero-order valence-electron chi connectivity index (χ0n) is 11.4. The minimum atomic E-state index is 0. The average molecular weight is 280 g/mol. The van der Waals surface area contributed by atoms with E-state index in [-0.39, 0.29) is 24.2 Å². The summed E-state index contributed by atoms with van der Waals surface area (Å²) in [5, 5.41) is 2.78. The highest BCUT2D eigenvalue weighted by molar-refractivity contribution is 5.85. The average Bonchev–Trinajstić information content (AvgIpc) is 2.33. The Bertz CT molecular complexity index is 233. The molecule has 6 heteroatoms. The Balaban J connectivity index is 0. The smallest absolute Gasteiger partial charge is 0.222 e. The number of hydrogen-bond acceptors (Lipinski definition) is 3. The first-order chi connectivity index (χ1) is 8.15. The Labute approximate surface area is 116 Å². The fourth-order valence-corrected chi connectivity index (χ4v) is 1.55. The van der Waals surface area contributed by atoms with Crippen molar-refractivity contribution in [2.45, 2.75) is 39.5 Å². The van der Waals surface area contributed by atoms with Crippen molar-refractivity contribution in [3.63, 3.8) is 0 Å². The third kappa shape index (κ3) is 9.24. The van der Waals surface area contributed by atoms with Crippen molar-refractivity contribution in [1.82, 2.24) is 10.2 Å². The van der Waals surface area contributed by atoms with E-state index in [1.165, 1.54) is 0 Å². The highest BCUT2D eigenvalue weighted by atomic mass is 35.5. The molecule has 0 atom stereocenters. The van der Waals surface area contributed by atoms with Crippen molar-refractivity contribution >= 4 is 24.2 Å². The fraction of sp³-hybridized carbons (Fsp3) is 0.833. The number of carbonyl (C=O) groups excluding carboxylic acids is 2. The normalized spacial score (nSPS) is 9.50. The second-order valence-electron chi connectivity index (χ2n) is 3.91. The van der Waals surface area contributed by atoms with E-state index >= 15 is 0 Å². The van der Waals surface area contributed by atoms with Gasteiger partial charge in [0.1, 0.15) is 0 Å². The lowest BCUT2D eigenvalue weighted by Crippen LogP contribution is -2.31. The number of nitrogens with one attached hydrogen (secondary N) is 1. The molecule has 0 aliphatic carbocycles. The van der Waals surface area contributed by atoms with Crippen LogP contribution in [0.25, 0.3) is 0 Å². The Kier molecular flexibility index (Phi) is 13.7. The van der Waals surface area contributed by atoms with Gasteiger partial charge in [0, 0.05) is 32.5 Å². The summed E-state index contributed by atoms with van der Waals surface area (Å²) in [6.45, 7) is 6.53. The summed E-state index contributed by atoms with van der Waals surface area (Å²) in [7, 11) is 0. The maximum absolute atomic E-state index is 11.6. The van der Waals surface area contributed by atoms with E-state index < -0.39 is 0 Å². The second-order valence-corrected chi connectivity index (χ2v) is 3.91. The van der Waals surface area contributed by atoms with Crippen LogP contribution in [0.15, 0.2) is 0 Å². The van der Waals surface area contributed by atoms with Gasteiger partial charge in [-0.3, -0.25) is 9.59 Å². The van der Waals surface area contributed by atoms with Crippen molar-refractivity contribution in [2.24, 2.45) is 5.73 Å². The van der Waals surface area contributed by atoms with Crippen LogP contribution in [0.5, 0.6) is 0 Å². The van der Waals surface area contributed by atoms with E-state index in [4.69, 9.17) is 5.73 Å². The molecule has 0 fully saturated rings. The van der Waals surface area contributed by atoms with Gasteiger partial charge in [-0.25, -0.2) is 0 Å². The van der Waals surface area contributed by atoms with Crippen LogP contribution in [0, 0.1) is 0 Å². The molecule has 2 amide bonds. The van der Waals surface area contributed by atoms with E-state index in [1.807, 2.05) is 13.8 Å². The number of halogens is 1. The lowest BCUT2D eigenvalue weighted by Gasteiger charge is -2.18. The molecule has 0 unspecified atom stereocenters. The first-order valence-corrected chi connectivity index (χ1v) is 6.40. The van der Waals surface area contributed by atoms with E-state index in [1.54, 1.807) is 4.90 Å². The minimum Gasteiger partial charge on any atom is -0.356 e. The first kappa shape index (κ1) is 19.5. The third-order valence-corrected chi connectivity index (χ3v) is 2.61. The molecule has 108 valence electrons. The van der Waals surface area contributed by atoms with Gasteiger partial charge in [-0.1, -0.05) is 0 Å². The predicted molar refractivity (Wildman–Crippen MR) is 75.7 cm³/mol. The molecule has 0 saturated carbocycles. The number of hydrogen-bond donors (Lipinski definition) is 2. The molecular formula is C12H26ClN3O2. The summed E-state index contributed by atoms with van der Waals surface area (Å²) in [6.07, 6.45) is 2.38. The molecule has 0 saturated heterocycles. The van der Waals surface area contributed by atoms with Crippen LogP contribution < -0.4 is 11.1 Å². The maximum atomic E-state index is 11.6. The molecule has 0 radical (unpaired) electrons. The summed E-state index contributed by atoms with van der Waals surface area (Å²) in [6, 6.07) is 0. The zero-order valence-corrected chi connectivity index (χ0v) is 12.2. The summed E-state index contributed by atoms with van der Waals surface area (Å²) in [4.78, 5) is 24.7. The first-order valence-electron chi connectivity index (χ1n) is 6.40. The van der Waals surface area contributed by atoms with E-state index in [0.29, 0.717) is 38.8 Å². The fourth-order valence-electron chi connectivity index (χ4n) is 1.55. The Morgan fingerprint density at radius 3 is 2.22 bits per heavy atom. The van der Waals surface area contributed by atoms with Gasteiger partial charge in [0.15, 0.2) is 0 Å². The molecule has 3 N–H and O–H groups in total. The number of carbonyl (C=O) groups is 2. The zero-order chi connectivity index (χ0) is 13.1. The molecule has 0 bridgehead atoms. The van der Waals surface area contributed by atoms with Gasteiger partial charge in [0.25, 0.3) is 0 Å². The summed E-state index contributed by atoms with van der Waals surface area (Å²) >= 11 is 0.